The lowest BCUT2D eigenvalue weighted by atomic mass is 10.1. The van der Waals surface area contributed by atoms with Gasteiger partial charge in [-0.25, -0.2) is 13.4 Å². The average molecular weight is 584 g/mol. The summed E-state index contributed by atoms with van der Waals surface area (Å²) in [6.07, 6.45) is 5.48. The Kier molecular flexibility index (Phi) is 10.9. The number of sulfonamides is 1. The number of thiazole rings is 1. The van der Waals surface area contributed by atoms with Gasteiger partial charge in [-0.2, -0.15) is 4.31 Å². The Balaban J connectivity index is 1.49. The van der Waals surface area contributed by atoms with Crippen LogP contribution in [0.3, 0.4) is 0 Å². The lowest BCUT2D eigenvalue weighted by Gasteiger charge is -2.30. The molecule has 7 nitrogen and oxygen atoms in total. The molecular weight excluding hydrogens is 542 g/mol. The highest BCUT2D eigenvalue weighted by atomic mass is 32.2. The van der Waals surface area contributed by atoms with E-state index >= 15 is 0 Å². The van der Waals surface area contributed by atoms with Crippen LogP contribution in [0.5, 0.6) is 0 Å². The number of nitrogens with zero attached hydrogens (tertiary/aromatic N) is 3. The molecule has 1 fully saturated rings. The molecule has 1 heterocycles. The van der Waals surface area contributed by atoms with Crippen LogP contribution in [0.2, 0.25) is 0 Å². The summed E-state index contributed by atoms with van der Waals surface area (Å²) >= 11 is 1.43. The molecule has 3 aromatic rings. The normalized spacial score (nSPS) is 15.1. The Morgan fingerprint density at radius 3 is 2.30 bits per heavy atom. The van der Waals surface area contributed by atoms with Gasteiger partial charge in [0.1, 0.15) is 5.75 Å². The van der Waals surface area contributed by atoms with Gasteiger partial charge in [0.2, 0.25) is 10.0 Å². The molecule has 4 rings (SSSR count). The van der Waals surface area contributed by atoms with Crippen LogP contribution in [-0.2, 0) is 22.2 Å². The van der Waals surface area contributed by atoms with Crippen molar-refractivity contribution in [2.24, 2.45) is 5.92 Å². The molecule has 1 amide bonds. The minimum atomic E-state index is -3.69. The predicted octanol–water partition coefficient (Wildman–Crippen LogP) is 5.33. The number of amides is 1. The zero-order valence-corrected chi connectivity index (χ0v) is 25.1. The minimum absolute atomic E-state index is 0.0431. The first kappa shape index (κ1) is 30.4. The Hall–Kier alpha value is -2.59. The van der Waals surface area contributed by atoms with Gasteiger partial charge in [0.15, 0.2) is 0 Å². The zero-order valence-electron chi connectivity index (χ0n) is 23.5. The summed E-state index contributed by atoms with van der Waals surface area (Å²) in [7, 11) is -3.69. The van der Waals surface area contributed by atoms with Gasteiger partial charge < -0.3 is 10.0 Å². The molecule has 0 radical (unpaired) electrons. The first-order valence-corrected chi connectivity index (χ1v) is 16.6. The first-order chi connectivity index (χ1) is 19.2. The second-order valence-corrected chi connectivity index (χ2v) is 14.2. The van der Waals surface area contributed by atoms with E-state index in [1.54, 1.807) is 23.2 Å². The van der Waals surface area contributed by atoms with Gasteiger partial charge in [-0.05, 0) is 42.9 Å². The second kappa shape index (κ2) is 14.3. The number of aliphatic hydroxyl groups excluding tert-OH is 1. The van der Waals surface area contributed by atoms with E-state index in [0.717, 1.165) is 36.3 Å². The Bertz CT molecular complexity index is 1310. The van der Waals surface area contributed by atoms with Crippen molar-refractivity contribution in [3.8, 4) is 0 Å². The third-order valence-corrected chi connectivity index (χ3v) is 10.6. The molecule has 40 heavy (non-hydrogen) atoms. The molecule has 9 heteroatoms. The van der Waals surface area contributed by atoms with Crippen molar-refractivity contribution < 1.29 is 18.3 Å². The van der Waals surface area contributed by atoms with E-state index in [0.29, 0.717) is 30.0 Å². The van der Waals surface area contributed by atoms with Crippen LogP contribution in [-0.4, -0.2) is 65.9 Å². The fraction of sp³-hybridized carbons (Fsp3) is 0.484. The Morgan fingerprint density at radius 1 is 1.02 bits per heavy atom. The number of hydrogen-bond acceptors (Lipinski definition) is 6. The monoisotopic (exact) mass is 583 g/mol. The zero-order chi connectivity index (χ0) is 28.5. The van der Waals surface area contributed by atoms with Crippen molar-refractivity contribution in [1.82, 2.24) is 14.2 Å². The molecule has 1 saturated carbocycles. The predicted molar refractivity (Wildman–Crippen MR) is 161 cm³/mol. The van der Waals surface area contributed by atoms with Crippen molar-refractivity contribution in [2.45, 2.75) is 63.7 Å². The standard InChI is InChI=1S/C31H41N3O4S2/c1-24(2)30-32-19-29(39-30)23-40(37,38)34(20-26-13-9-10-14-26)22-28(35)21-33(18-17-25-11-5-3-6-12-25)31(36)27-15-7-4-8-16-27/h3-8,11-12,15-16,19,24,26,28,35H,9-10,13-14,17-18,20-23H2,1-2H3/t28-/m0/s1. The maximum absolute atomic E-state index is 13.7. The number of carbonyl (C=O) groups excluding carboxylic acids is 1. The maximum atomic E-state index is 13.7. The number of carbonyl (C=O) groups is 1. The van der Waals surface area contributed by atoms with Gasteiger partial charge in [0.25, 0.3) is 5.91 Å². The minimum Gasteiger partial charge on any atom is -0.390 e. The van der Waals surface area contributed by atoms with E-state index < -0.39 is 16.1 Å². The molecule has 1 aromatic heterocycles. The van der Waals surface area contributed by atoms with Gasteiger partial charge in [0.05, 0.1) is 11.1 Å². The lowest BCUT2D eigenvalue weighted by Crippen LogP contribution is -2.46. The fourth-order valence-corrected chi connectivity index (χ4v) is 8.06. The van der Waals surface area contributed by atoms with E-state index in [1.807, 2.05) is 62.4 Å². The number of hydrogen-bond donors (Lipinski definition) is 1. The van der Waals surface area contributed by atoms with Crippen LogP contribution >= 0.6 is 11.3 Å². The van der Waals surface area contributed by atoms with Crippen LogP contribution in [0.4, 0.5) is 0 Å². The summed E-state index contributed by atoms with van der Waals surface area (Å²) in [6, 6.07) is 18.9. The van der Waals surface area contributed by atoms with Crippen molar-refractivity contribution in [1.29, 1.82) is 0 Å². The van der Waals surface area contributed by atoms with Gasteiger partial charge in [-0.3, -0.25) is 4.79 Å². The van der Waals surface area contributed by atoms with Crippen LogP contribution in [0.25, 0.3) is 0 Å². The number of aromatic nitrogens is 1. The summed E-state index contributed by atoms with van der Waals surface area (Å²) in [6.45, 7) is 4.91. The highest BCUT2D eigenvalue weighted by molar-refractivity contribution is 7.88. The van der Waals surface area contributed by atoms with Gasteiger partial charge >= 0.3 is 0 Å². The quantitative estimate of drug-likeness (QED) is 0.277. The van der Waals surface area contributed by atoms with E-state index in [4.69, 9.17) is 0 Å². The fourth-order valence-electron chi connectivity index (χ4n) is 5.20. The molecule has 0 saturated heterocycles. The van der Waals surface area contributed by atoms with Crippen LogP contribution in [0.1, 0.15) is 71.3 Å². The van der Waals surface area contributed by atoms with E-state index in [1.165, 1.54) is 15.6 Å². The van der Waals surface area contributed by atoms with Crippen LogP contribution in [0, 0.1) is 5.92 Å². The number of rotatable bonds is 14. The van der Waals surface area contributed by atoms with Gasteiger partial charge in [-0.15, -0.1) is 11.3 Å². The summed E-state index contributed by atoms with van der Waals surface area (Å²) < 4.78 is 28.8. The third kappa shape index (κ3) is 8.70. The van der Waals surface area contributed by atoms with E-state index in [9.17, 15) is 18.3 Å². The maximum Gasteiger partial charge on any atom is 0.253 e. The van der Waals surface area contributed by atoms with Gasteiger partial charge in [-0.1, -0.05) is 75.2 Å². The molecule has 0 bridgehead atoms. The summed E-state index contributed by atoms with van der Waals surface area (Å²) in [5, 5.41) is 12.2. The van der Waals surface area contributed by atoms with Crippen LogP contribution in [0.15, 0.2) is 66.9 Å². The smallest absolute Gasteiger partial charge is 0.253 e. The highest BCUT2D eigenvalue weighted by Crippen LogP contribution is 2.28. The van der Waals surface area contributed by atoms with Crippen molar-refractivity contribution >= 4 is 27.3 Å². The number of aliphatic hydroxyl groups is 1. The molecule has 0 spiro atoms. The lowest BCUT2D eigenvalue weighted by molar-refractivity contribution is 0.0584. The third-order valence-electron chi connectivity index (χ3n) is 7.39. The number of benzene rings is 2. The largest absolute Gasteiger partial charge is 0.390 e. The summed E-state index contributed by atoms with van der Waals surface area (Å²) in [5.74, 6) is 0.223. The molecule has 0 unspecified atom stereocenters. The molecular formula is C31H41N3O4S2. The molecule has 1 aliphatic carbocycles. The van der Waals surface area contributed by atoms with Crippen molar-refractivity contribution in [3.63, 3.8) is 0 Å². The average Bonchev–Trinajstić information content (AvgIpc) is 3.63. The van der Waals surface area contributed by atoms with E-state index in [2.05, 4.69) is 4.98 Å². The first-order valence-electron chi connectivity index (χ1n) is 14.2. The molecule has 2 aromatic carbocycles. The summed E-state index contributed by atoms with van der Waals surface area (Å²) in [5.41, 5.74) is 1.64. The topological polar surface area (TPSA) is 90.8 Å². The Labute approximate surface area is 242 Å². The summed E-state index contributed by atoms with van der Waals surface area (Å²) in [4.78, 5) is 20.2. The van der Waals surface area contributed by atoms with Crippen molar-refractivity contribution in [2.75, 3.05) is 26.2 Å². The van der Waals surface area contributed by atoms with Crippen LogP contribution < -0.4 is 0 Å². The SMILES string of the molecule is CC(C)c1ncc(CS(=O)(=O)N(CC2CCCC2)C[C@@H](O)CN(CCc2ccccc2)C(=O)c2ccccc2)s1. The van der Waals surface area contributed by atoms with E-state index in [-0.39, 0.29) is 36.6 Å². The van der Waals surface area contributed by atoms with Gasteiger partial charge in [0, 0.05) is 48.7 Å². The highest BCUT2D eigenvalue weighted by Gasteiger charge is 2.31. The second-order valence-electron chi connectivity index (χ2n) is 11.0. The van der Waals surface area contributed by atoms with Crippen molar-refractivity contribution in [3.05, 3.63) is 87.9 Å². The molecule has 0 aliphatic heterocycles. The molecule has 1 N–H and O–H groups in total. The molecule has 1 atom stereocenters. The Morgan fingerprint density at radius 2 is 1.68 bits per heavy atom. The molecule has 1 aliphatic rings. The molecule has 216 valence electrons.